The van der Waals surface area contributed by atoms with E-state index < -0.39 is 26.6 Å². The number of aliphatic hydroxyl groups excluding tert-OH is 1. The molecule has 9 heteroatoms. The topological polar surface area (TPSA) is 108 Å². The molecule has 8 nitrogen and oxygen atoms in total. The van der Waals surface area contributed by atoms with Crippen molar-refractivity contribution in [3.05, 3.63) is 72.9 Å². The normalized spacial score (nSPS) is 14.7. The van der Waals surface area contributed by atoms with Gasteiger partial charge in [0.1, 0.15) is 13.2 Å². The third-order valence-corrected chi connectivity index (χ3v) is 12.1. The number of carbonyl (C=O) groups is 1. The fourth-order valence-electron chi connectivity index (χ4n) is 7.08. The number of nitrogens with zero attached hydrogens (tertiary/aromatic N) is 1. The van der Waals surface area contributed by atoms with E-state index in [1.807, 2.05) is 27.2 Å². The van der Waals surface area contributed by atoms with E-state index in [4.69, 9.17) is 9.05 Å². The van der Waals surface area contributed by atoms with E-state index in [0.717, 1.165) is 64.2 Å². The number of quaternary nitrogens is 1. The van der Waals surface area contributed by atoms with E-state index in [1.165, 1.54) is 122 Å². The zero-order chi connectivity index (χ0) is 46.4. The highest BCUT2D eigenvalue weighted by Gasteiger charge is 2.23. The molecule has 0 aromatic carbocycles. The molecule has 0 aliphatic heterocycles. The van der Waals surface area contributed by atoms with Crippen LogP contribution in [0.1, 0.15) is 213 Å². The van der Waals surface area contributed by atoms with Gasteiger partial charge in [-0.15, -0.1) is 0 Å². The van der Waals surface area contributed by atoms with Gasteiger partial charge in [-0.1, -0.05) is 202 Å². The molecule has 3 atom stereocenters. The number of rotatable bonds is 46. The predicted octanol–water partition coefficient (Wildman–Crippen LogP) is 14.5. The SMILES string of the molecule is CC/C=C\C/C=C\C/C=C\CCCCCC(=O)NC(COP(=O)([O-])OCC[N+](C)(C)C)C(O)/C=C/CC/C=C/CC/C=C/CCCCCCCCCCCCCCCCCCCC. The lowest BCUT2D eigenvalue weighted by atomic mass is 10.0. The number of nitrogens with one attached hydrogen (secondary N) is 1. The number of amides is 1. The van der Waals surface area contributed by atoms with Crippen molar-refractivity contribution >= 4 is 13.7 Å². The summed E-state index contributed by atoms with van der Waals surface area (Å²) < 4.78 is 23.2. The summed E-state index contributed by atoms with van der Waals surface area (Å²) in [7, 11) is 1.21. The molecule has 366 valence electrons. The van der Waals surface area contributed by atoms with E-state index in [-0.39, 0.29) is 12.5 Å². The zero-order valence-corrected chi connectivity index (χ0v) is 42.4. The average molecular weight is 903 g/mol. The van der Waals surface area contributed by atoms with E-state index in [0.29, 0.717) is 23.9 Å². The molecule has 0 heterocycles. The van der Waals surface area contributed by atoms with Gasteiger partial charge in [0, 0.05) is 6.42 Å². The highest BCUT2D eigenvalue weighted by atomic mass is 31.2. The molecule has 0 aromatic heterocycles. The molecule has 0 aromatic rings. The average Bonchev–Trinajstić information content (AvgIpc) is 3.24. The van der Waals surface area contributed by atoms with Gasteiger partial charge >= 0.3 is 0 Å². The van der Waals surface area contributed by atoms with Crippen molar-refractivity contribution in [1.82, 2.24) is 5.32 Å². The molecule has 0 aliphatic carbocycles. The van der Waals surface area contributed by atoms with Gasteiger partial charge in [0.15, 0.2) is 0 Å². The summed E-state index contributed by atoms with van der Waals surface area (Å²) in [5.41, 5.74) is 0. The summed E-state index contributed by atoms with van der Waals surface area (Å²) in [6.45, 7) is 4.47. The Morgan fingerprint density at radius 3 is 1.48 bits per heavy atom. The second kappa shape index (κ2) is 45.1. The van der Waals surface area contributed by atoms with E-state index in [9.17, 15) is 19.4 Å². The number of hydrogen-bond acceptors (Lipinski definition) is 6. The number of carbonyl (C=O) groups excluding carboxylic acids is 1. The van der Waals surface area contributed by atoms with Crippen LogP contribution in [0.5, 0.6) is 0 Å². The van der Waals surface area contributed by atoms with E-state index >= 15 is 0 Å². The fraction of sp³-hybridized carbons (Fsp3) is 0.759. The smallest absolute Gasteiger partial charge is 0.268 e. The van der Waals surface area contributed by atoms with Gasteiger partial charge in [-0.25, -0.2) is 0 Å². The molecular formula is C54H99N2O6P. The number of allylic oxidation sites excluding steroid dienone is 11. The van der Waals surface area contributed by atoms with Crippen LogP contribution in [0.15, 0.2) is 72.9 Å². The van der Waals surface area contributed by atoms with Gasteiger partial charge in [0.2, 0.25) is 5.91 Å². The quantitative estimate of drug-likeness (QED) is 0.0273. The largest absolute Gasteiger partial charge is 0.756 e. The zero-order valence-electron chi connectivity index (χ0n) is 41.5. The summed E-state index contributed by atoms with van der Waals surface area (Å²) in [6.07, 6.45) is 61.4. The number of phosphoric ester groups is 1. The summed E-state index contributed by atoms with van der Waals surface area (Å²) in [4.78, 5) is 25.3. The highest BCUT2D eigenvalue weighted by Crippen LogP contribution is 2.38. The van der Waals surface area contributed by atoms with Crippen LogP contribution in [0.3, 0.4) is 0 Å². The molecule has 0 rings (SSSR count). The third-order valence-electron chi connectivity index (χ3n) is 11.1. The van der Waals surface area contributed by atoms with Crippen LogP contribution in [0.4, 0.5) is 0 Å². The van der Waals surface area contributed by atoms with Crippen LogP contribution < -0.4 is 10.2 Å². The lowest BCUT2D eigenvalue weighted by Gasteiger charge is -2.29. The number of aliphatic hydroxyl groups is 1. The molecule has 0 bridgehead atoms. The Morgan fingerprint density at radius 2 is 0.984 bits per heavy atom. The second-order valence-corrected chi connectivity index (χ2v) is 19.9. The first-order valence-electron chi connectivity index (χ1n) is 25.8. The summed E-state index contributed by atoms with van der Waals surface area (Å²) in [5, 5.41) is 13.8. The summed E-state index contributed by atoms with van der Waals surface area (Å²) >= 11 is 0. The van der Waals surface area contributed by atoms with Gasteiger partial charge in [0.05, 0.1) is 39.9 Å². The molecule has 0 saturated heterocycles. The number of likely N-dealkylation sites (N-methyl/N-ethyl adjacent to an activating group) is 1. The standard InChI is InChI=1S/C54H99N2O6P/c1-6-8-10-12-14-16-18-20-21-22-23-24-25-26-27-28-29-30-31-32-33-34-36-37-39-41-43-45-47-53(57)52(51-62-63(59,60)61-50-49-56(3,4)5)55-54(58)48-46-44-42-40-38-35-19-17-15-13-11-9-7-2/h9,11,15,17,32-33,35,37-39,45,47,52-53,57H,6-8,10,12-14,16,18-31,34,36,40-44,46,48-51H2,1-5H3,(H-,55,58,59,60)/b11-9-,17-15-,33-32+,38-35-,39-37+,47-45+. The maximum Gasteiger partial charge on any atom is 0.268 e. The molecule has 0 spiro atoms. The molecule has 0 aliphatic rings. The first-order valence-corrected chi connectivity index (χ1v) is 27.3. The van der Waals surface area contributed by atoms with Crippen molar-refractivity contribution in [2.24, 2.45) is 0 Å². The van der Waals surface area contributed by atoms with E-state index in [1.54, 1.807) is 6.08 Å². The monoisotopic (exact) mass is 903 g/mol. The third kappa shape index (κ3) is 47.7. The maximum atomic E-state index is 12.8. The Kier molecular flexibility index (Phi) is 43.6. The van der Waals surface area contributed by atoms with Crippen LogP contribution in [-0.4, -0.2) is 68.5 Å². The highest BCUT2D eigenvalue weighted by molar-refractivity contribution is 7.45. The first kappa shape index (κ1) is 60.9. The molecule has 0 radical (unpaired) electrons. The first-order chi connectivity index (χ1) is 30.5. The van der Waals surface area contributed by atoms with Crippen LogP contribution in [0.25, 0.3) is 0 Å². The van der Waals surface area contributed by atoms with Crippen molar-refractivity contribution < 1.29 is 32.9 Å². The van der Waals surface area contributed by atoms with Crippen molar-refractivity contribution in [2.45, 2.75) is 225 Å². The van der Waals surface area contributed by atoms with Crippen LogP contribution in [0, 0.1) is 0 Å². The predicted molar refractivity (Wildman–Crippen MR) is 270 cm³/mol. The molecule has 63 heavy (non-hydrogen) atoms. The molecule has 1 amide bonds. The lowest BCUT2D eigenvalue weighted by molar-refractivity contribution is -0.870. The minimum atomic E-state index is -4.61. The fourth-order valence-corrected chi connectivity index (χ4v) is 7.80. The minimum Gasteiger partial charge on any atom is -0.756 e. The van der Waals surface area contributed by atoms with Crippen molar-refractivity contribution in [1.29, 1.82) is 0 Å². The lowest BCUT2D eigenvalue weighted by Crippen LogP contribution is -2.45. The molecular weight excluding hydrogens is 804 g/mol. The second-order valence-electron chi connectivity index (χ2n) is 18.5. The summed E-state index contributed by atoms with van der Waals surface area (Å²) in [6, 6.07) is -0.928. The van der Waals surface area contributed by atoms with Crippen LogP contribution >= 0.6 is 7.82 Å². The molecule has 3 unspecified atom stereocenters. The number of unbranched alkanes of at least 4 members (excludes halogenated alkanes) is 23. The maximum absolute atomic E-state index is 12.8. The number of phosphoric acid groups is 1. The Bertz CT molecular complexity index is 1250. The van der Waals surface area contributed by atoms with E-state index in [2.05, 4.69) is 79.9 Å². The van der Waals surface area contributed by atoms with Crippen molar-refractivity contribution in [2.75, 3.05) is 40.9 Å². The Morgan fingerprint density at radius 1 is 0.571 bits per heavy atom. The van der Waals surface area contributed by atoms with Gasteiger partial charge in [0.25, 0.3) is 7.82 Å². The molecule has 0 fully saturated rings. The van der Waals surface area contributed by atoms with Gasteiger partial charge in [-0.05, 0) is 77.0 Å². The molecule has 0 saturated carbocycles. The van der Waals surface area contributed by atoms with Crippen LogP contribution in [0.2, 0.25) is 0 Å². The van der Waals surface area contributed by atoms with Gasteiger partial charge in [-0.2, -0.15) is 0 Å². The minimum absolute atomic E-state index is 0.0181. The Labute approximate surface area is 389 Å². The Balaban J connectivity index is 4.31. The van der Waals surface area contributed by atoms with Crippen molar-refractivity contribution in [3.8, 4) is 0 Å². The van der Waals surface area contributed by atoms with Crippen molar-refractivity contribution in [3.63, 3.8) is 0 Å². The van der Waals surface area contributed by atoms with Gasteiger partial charge < -0.3 is 28.8 Å². The molecule has 2 N–H and O–H groups in total. The van der Waals surface area contributed by atoms with Crippen LogP contribution in [-0.2, 0) is 18.4 Å². The number of hydrogen-bond donors (Lipinski definition) is 2. The van der Waals surface area contributed by atoms with Gasteiger partial charge in [-0.3, -0.25) is 9.36 Å². The summed E-state index contributed by atoms with van der Waals surface area (Å²) in [5.74, 6) is -0.243. The Hall–Kier alpha value is -2.06.